The topological polar surface area (TPSA) is 52.3 Å². The summed E-state index contributed by atoms with van der Waals surface area (Å²) in [7, 11) is 0. The third-order valence-corrected chi connectivity index (χ3v) is 1.11. The molecule has 4 nitrogen and oxygen atoms in total. The maximum absolute atomic E-state index is 10.5. The van der Waals surface area contributed by atoms with E-state index in [0.717, 1.165) is 0 Å². The first-order valence-electron chi connectivity index (χ1n) is 4.17. The minimum atomic E-state index is -0.118. The van der Waals surface area contributed by atoms with E-state index in [9.17, 15) is 4.79 Å². The van der Waals surface area contributed by atoms with Gasteiger partial charge < -0.3 is 9.15 Å². The molecule has 0 amide bonds. The third-order valence-electron chi connectivity index (χ3n) is 1.11. The van der Waals surface area contributed by atoms with Gasteiger partial charge >= 0.3 is 5.97 Å². The minimum Gasteiger partial charge on any atom is -0.466 e. The number of hydrogen-bond donors (Lipinski definition) is 0. The van der Waals surface area contributed by atoms with E-state index in [-0.39, 0.29) is 11.9 Å². The van der Waals surface area contributed by atoms with Crippen LogP contribution in [0.4, 0.5) is 0 Å². The summed E-state index contributed by atoms with van der Waals surface area (Å²) in [5.41, 5.74) is 0. The number of aromatic nitrogens is 1. The summed E-state index contributed by atoms with van der Waals surface area (Å²) < 4.78 is 9.14. The van der Waals surface area contributed by atoms with Gasteiger partial charge in [-0.1, -0.05) is 13.8 Å². The molecule has 1 heterocycles. The van der Waals surface area contributed by atoms with E-state index < -0.39 is 0 Å². The van der Waals surface area contributed by atoms with Crippen LogP contribution in [0.25, 0.3) is 0 Å². The van der Waals surface area contributed by atoms with Crippen LogP contribution in [0, 0.1) is 5.92 Å². The molecule has 0 aliphatic heterocycles. The van der Waals surface area contributed by atoms with Crippen molar-refractivity contribution in [3.8, 4) is 0 Å². The van der Waals surface area contributed by atoms with Gasteiger partial charge in [0.25, 0.3) is 0 Å². The highest BCUT2D eigenvalue weighted by Gasteiger charge is 2.04. The summed E-state index contributed by atoms with van der Waals surface area (Å²) in [6.45, 7) is 5.92. The Balaban J connectivity index is 0.000000243. The molecule has 0 saturated heterocycles. The second-order valence-electron chi connectivity index (χ2n) is 2.58. The number of carbonyl (C=O) groups excluding carboxylic acids is 1. The smallest absolute Gasteiger partial charge is 0.308 e. The first-order valence-corrected chi connectivity index (χ1v) is 4.17. The van der Waals surface area contributed by atoms with Gasteiger partial charge in [-0.2, -0.15) is 0 Å². The zero-order chi connectivity index (χ0) is 10.1. The molecule has 0 aromatic carbocycles. The lowest BCUT2D eigenvalue weighted by Gasteiger charge is -2.01. The Morgan fingerprint density at radius 2 is 2.31 bits per heavy atom. The summed E-state index contributed by atoms with van der Waals surface area (Å²) in [5.74, 6) is -0.109. The first kappa shape index (κ1) is 11.7. The van der Waals surface area contributed by atoms with Crippen molar-refractivity contribution in [1.29, 1.82) is 0 Å². The Morgan fingerprint density at radius 3 is 2.46 bits per heavy atom. The van der Waals surface area contributed by atoms with Gasteiger partial charge in [-0.05, 0) is 6.92 Å². The van der Waals surface area contributed by atoms with Gasteiger partial charge in [0, 0.05) is 0 Å². The number of esters is 1. The van der Waals surface area contributed by atoms with Crippen LogP contribution in [0.3, 0.4) is 0 Å². The van der Waals surface area contributed by atoms with Crippen LogP contribution in [0.1, 0.15) is 20.8 Å². The third kappa shape index (κ3) is 7.05. The van der Waals surface area contributed by atoms with Crippen LogP contribution in [0.5, 0.6) is 0 Å². The van der Waals surface area contributed by atoms with Crippen molar-refractivity contribution < 1.29 is 13.9 Å². The van der Waals surface area contributed by atoms with Crippen molar-refractivity contribution >= 4 is 5.97 Å². The van der Waals surface area contributed by atoms with Crippen LogP contribution >= 0.6 is 0 Å². The van der Waals surface area contributed by atoms with Crippen molar-refractivity contribution in [2.24, 2.45) is 5.92 Å². The van der Waals surface area contributed by atoms with Gasteiger partial charge in [-0.15, -0.1) is 0 Å². The monoisotopic (exact) mass is 185 g/mol. The van der Waals surface area contributed by atoms with E-state index in [0.29, 0.717) is 6.61 Å². The maximum Gasteiger partial charge on any atom is 0.308 e. The lowest BCUT2D eigenvalue weighted by molar-refractivity contribution is -0.146. The summed E-state index contributed by atoms with van der Waals surface area (Å²) in [5, 5.41) is 0. The van der Waals surface area contributed by atoms with E-state index in [1.165, 1.54) is 12.7 Å². The van der Waals surface area contributed by atoms with E-state index in [2.05, 4.69) is 14.1 Å². The van der Waals surface area contributed by atoms with Crippen LogP contribution in [0.15, 0.2) is 23.3 Å². The number of oxazole rings is 1. The summed E-state index contributed by atoms with van der Waals surface area (Å²) in [6.07, 6.45) is 4.47. The molecule has 13 heavy (non-hydrogen) atoms. The molecule has 0 aliphatic carbocycles. The van der Waals surface area contributed by atoms with Crippen molar-refractivity contribution in [2.45, 2.75) is 20.8 Å². The largest absolute Gasteiger partial charge is 0.466 e. The zero-order valence-corrected chi connectivity index (χ0v) is 8.19. The molecule has 74 valence electrons. The van der Waals surface area contributed by atoms with Crippen molar-refractivity contribution in [2.75, 3.05) is 6.61 Å². The molecule has 1 aromatic heterocycles. The second-order valence-corrected chi connectivity index (χ2v) is 2.58. The number of hydrogen-bond acceptors (Lipinski definition) is 4. The Morgan fingerprint density at radius 1 is 1.62 bits per heavy atom. The zero-order valence-electron chi connectivity index (χ0n) is 8.19. The highest BCUT2D eigenvalue weighted by Crippen LogP contribution is 1.93. The fourth-order valence-corrected chi connectivity index (χ4v) is 0.485. The summed E-state index contributed by atoms with van der Waals surface area (Å²) in [4.78, 5) is 14.1. The number of ether oxygens (including phenoxy) is 1. The van der Waals surface area contributed by atoms with Gasteiger partial charge in [0.2, 0.25) is 0 Å². The standard InChI is InChI=1S/C6H12O2.C3H3NO/c1-4-8-6(7)5(2)3;1-2-5-3-4-1/h5H,4H2,1-3H3;1-3H. The van der Waals surface area contributed by atoms with Gasteiger partial charge in [-0.3, -0.25) is 4.79 Å². The average Bonchev–Trinajstić information content (AvgIpc) is 2.61. The van der Waals surface area contributed by atoms with Crippen LogP contribution in [0.2, 0.25) is 0 Å². The van der Waals surface area contributed by atoms with E-state index in [4.69, 9.17) is 0 Å². The Labute approximate surface area is 77.9 Å². The van der Waals surface area contributed by atoms with Gasteiger partial charge in [0.15, 0.2) is 6.39 Å². The van der Waals surface area contributed by atoms with E-state index >= 15 is 0 Å². The lowest BCUT2D eigenvalue weighted by Crippen LogP contribution is -2.10. The molecule has 1 rings (SSSR count). The number of rotatable bonds is 2. The van der Waals surface area contributed by atoms with Crippen LogP contribution < -0.4 is 0 Å². The quantitative estimate of drug-likeness (QED) is 0.660. The normalized spacial score (nSPS) is 8.92. The fourth-order valence-electron chi connectivity index (χ4n) is 0.485. The molecule has 4 heteroatoms. The highest BCUT2D eigenvalue weighted by atomic mass is 16.5. The van der Waals surface area contributed by atoms with Gasteiger partial charge in [-0.25, -0.2) is 4.98 Å². The van der Waals surface area contributed by atoms with E-state index in [1.54, 1.807) is 13.1 Å². The molecule has 0 bridgehead atoms. The molecule has 0 fully saturated rings. The first-order chi connectivity index (χ1) is 6.18. The molecule has 0 spiro atoms. The predicted molar refractivity (Wildman–Crippen MR) is 48.0 cm³/mol. The van der Waals surface area contributed by atoms with Crippen molar-refractivity contribution in [1.82, 2.24) is 4.98 Å². The molecule has 0 unspecified atom stereocenters. The van der Waals surface area contributed by atoms with Gasteiger partial charge in [0.05, 0.1) is 18.7 Å². The molecule has 0 atom stereocenters. The Kier molecular flexibility index (Phi) is 6.59. The Bertz CT molecular complexity index is 189. The van der Waals surface area contributed by atoms with Crippen LogP contribution in [-0.4, -0.2) is 17.6 Å². The van der Waals surface area contributed by atoms with Crippen LogP contribution in [-0.2, 0) is 9.53 Å². The highest BCUT2D eigenvalue weighted by molar-refractivity contribution is 5.71. The fraction of sp³-hybridized carbons (Fsp3) is 0.556. The molecule has 0 radical (unpaired) electrons. The second kappa shape index (κ2) is 7.34. The SMILES string of the molecule is CCOC(=O)C(C)C.c1cocn1. The summed E-state index contributed by atoms with van der Waals surface area (Å²) >= 11 is 0. The maximum atomic E-state index is 10.5. The molecular weight excluding hydrogens is 170 g/mol. The minimum absolute atomic E-state index is 0.00921. The molecule has 0 N–H and O–H groups in total. The van der Waals surface area contributed by atoms with Gasteiger partial charge in [0.1, 0.15) is 6.26 Å². The number of nitrogens with zero attached hydrogens (tertiary/aromatic N) is 1. The van der Waals surface area contributed by atoms with Crippen molar-refractivity contribution in [3.63, 3.8) is 0 Å². The molecule has 0 aliphatic rings. The van der Waals surface area contributed by atoms with E-state index in [1.807, 2.05) is 13.8 Å². The molecular formula is C9H15NO3. The number of carbonyl (C=O) groups is 1. The predicted octanol–water partition coefficient (Wildman–Crippen LogP) is 1.88. The van der Waals surface area contributed by atoms with Crippen molar-refractivity contribution in [3.05, 3.63) is 18.9 Å². The summed E-state index contributed by atoms with van der Waals surface area (Å²) in [6, 6.07) is 0. The average molecular weight is 185 g/mol. The molecule has 0 saturated carbocycles. The lowest BCUT2D eigenvalue weighted by atomic mass is 10.2. The molecule has 1 aromatic rings. The Hall–Kier alpha value is -1.32.